The van der Waals surface area contributed by atoms with E-state index >= 15 is 0 Å². The number of thioether (sulfide) groups is 1. The van der Waals surface area contributed by atoms with Gasteiger partial charge >= 0.3 is 6.03 Å². The molecule has 2 saturated heterocycles. The van der Waals surface area contributed by atoms with Crippen molar-refractivity contribution in [3.05, 3.63) is 41.7 Å². The van der Waals surface area contributed by atoms with Gasteiger partial charge in [-0.3, -0.25) is 19.7 Å². The number of imide groups is 1. The lowest BCUT2D eigenvalue weighted by Crippen LogP contribution is -2.68. The third-order valence-electron chi connectivity index (χ3n) is 5.40. The molecule has 12 nitrogen and oxygen atoms in total. The van der Waals surface area contributed by atoms with Crippen molar-refractivity contribution in [1.29, 1.82) is 0 Å². The predicted octanol–water partition coefficient (Wildman–Crippen LogP) is 0.225. The first-order valence-electron chi connectivity index (χ1n) is 9.98. The number of aromatic amines is 1. The Morgan fingerprint density at radius 1 is 1.27 bits per heavy atom. The smallest absolute Gasteiger partial charge is 0.322 e. The summed E-state index contributed by atoms with van der Waals surface area (Å²) in [7, 11) is 0. The zero-order chi connectivity index (χ0) is 23.8. The minimum absolute atomic E-state index is 0.276. The van der Waals surface area contributed by atoms with Gasteiger partial charge in [-0.05, 0) is 29.8 Å². The van der Waals surface area contributed by atoms with E-state index in [1.165, 1.54) is 11.8 Å². The number of halogens is 1. The second kappa shape index (κ2) is 8.98. The second-order valence-electron chi connectivity index (χ2n) is 8.03. The van der Waals surface area contributed by atoms with Crippen LogP contribution >= 0.6 is 23.4 Å². The molecule has 4 N–H and O–H groups in total. The van der Waals surface area contributed by atoms with Crippen LogP contribution in [0.3, 0.4) is 0 Å². The molecule has 4 rings (SSSR count). The average molecular weight is 493 g/mol. The van der Waals surface area contributed by atoms with Gasteiger partial charge in [0.25, 0.3) is 0 Å². The summed E-state index contributed by atoms with van der Waals surface area (Å²) in [6.07, 6.45) is 0. The van der Waals surface area contributed by atoms with Crippen LogP contribution in [0.25, 0.3) is 0 Å². The van der Waals surface area contributed by atoms with Gasteiger partial charge in [-0.1, -0.05) is 30.3 Å². The summed E-state index contributed by atoms with van der Waals surface area (Å²) < 4.78 is -0.403. The highest BCUT2D eigenvalue weighted by Crippen LogP contribution is 2.56. The standard InChI is InChI=1S/C19H21ClN8O4S/c1-19(2)13(14-24-26-27-25-14)28-16(31)12(17(28)33-19)22-15(30)11(9-6-4-3-5-7-9)23-18(32)21-10(29)8-20/h3-7,11-13,17H,8H2,1-2H3,(H,22,30)(H2,21,23,29,32)(H,24,25,26,27)/t11?,12-,13?,17+/m1/s1. The van der Waals surface area contributed by atoms with Crippen LogP contribution < -0.4 is 16.0 Å². The maximum absolute atomic E-state index is 13.2. The number of nitrogens with zero attached hydrogens (tertiary/aromatic N) is 4. The van der Waals surface area contributed by atoms with Gasteiger partial charge in [0.2, 0.25) is 17.7 Å². The first-order valence-corrected chi connectivity index (χ1v) is 11.4. The molecule has 5 amide bonds. The molecule has 0 radical (unpaired) electrons. The number of carbonyl (C=O) groups excluding carboxylic acids is 4. The number of β-lactam (4-membered cyclic amide) rings is 1. The average Bonchev–Trinajstić information content (AvgIpc) is 3.40. The van der Waals surface area contributed by atoms with Gasteiger partial charge in [0, 0.05) is 4.75 Å². The molecule has 33 heavy (non-hydrogen) atoms. The van der Waals surface area contributed by atoms with E-state index in [1.54, 1.807) is 35.2 Å². The first kappa shape index (κ1) is 23.0. The lowest BCUT2D eigenvalue weighted by Gasteiger charge is -2.44. The molecule has 4 atom stereocenters. The Kier molecular flexibility index (Phi) is 6.26. The van der Waals surface area contributed by atoms with Gasteiger partial charge < -0.3 is 15.5 Å². The van der Waals surface area contributed by atoms with Crippen LogP contribution in [0.1, 0.15) is 37.3 Å². The van der Waals surface area contributed by atoms with Gasteiger partial charge in [0.15, 0.2) is 5.82 Å². The highest BCUT2D eigenvalue weighted by molar-refractivity contribution is 8.01. The van der Waals surface area contributed by atoms with Crippen LogP contribution in [-0.4, -0.2) is 71.3 Å². The van der Waals surface area contributed by atoms with Gasteiger partial charge in [-0.15, -0.1) is 28.5 Å². The number of aromatic nitrogens is 4. The number of amides is 5. The van der Waals surface area contributed by atoms with Crippen LogP contribution in [0.5, 0.6) is 0 Å². The minimum atomic E-state index is -1.13. The second-order valence-corrected chi connectivity index (χ2v) is 10.1. The molecule has 0 saturated carbocycles. The molecule has 1 aromatic carbocycles. The number of benzene rings is 1. The highest BCUT2D eigenvalue weighted by Gasteiger charge is 2.63. The maximum Gasteiger partial charge on any atom is 0.322 e. The summed E-state index contributed by atoms with van der Waals surface area (Å²) in [6.45, 7) is 3.95. The topological polar surface area (TPSA) is 162 Å². The summed E-state index contributed by atoms with van der Waals surface area (Å²) in [5.74, 6) is -1.50. The van der Waals surface area contributed by atoms with Gasteiger partial charge in [0.1, 0.15) is 29.4 Å². The van der Waals surface area contributed by atoms with Gasteiger partial charge in [-0.2, -0.15) is 0 Å². The Hall–Kier alpha value is -3.19. The molecule has 0 spiro atoms. The first-order chi connectivity index (χ1) is 15.7. The Morgan fingerprint density at radius 3 is 2.64 bits per heavy atom. The Labute approximate surface area is 197 Å². The molecule has 2 aromatic rings. The van der Waals surface area contributed by atoms with Crippen molar-refractivity contribution in [2.45, 2.75) is 42.1 Å². The number of hydrogen-bond donors (Lipinski definition) is 4. The number of urea groups is 1. The number of fused-ring (bicyclic) bond motifs is 1. The fraction of sp³-hybridized carbons (Fsp3) is 0.421. The number of tetrazole rings is 1. The van der Waals surface area contributed by atoms with E-state index in [0.717, 1.165) is 0 Å². The summed E-state index contributed by atoms with van der Waals surface area (Å²) in [5, 5.41) is 20.8. The molecular weight excluding hydrogens is 472 g/mol. The molecular formula is C19H21ClN8O4S. The predicted molar refractivity (Wildman–Crippen MR) is 118 cm³/mol. The van der Waals surface area contributed by atoms with Crippen molar-refractivity contribution < 1.29 is 19.2 Å². The minimum Gasteiger partial charge on any atom is -0.340 e. The third-order valence-corrected chi connectivity index (χ3v) is 7.22. The molecule has 2 unspecified atom stereocenters. The molecule has 3 heterocycles. The van der Waals surface area contributed by atoms with Crippen molar-refractivity contribution in [1.82, 2.24) is 41.5 Å². The number of hydrogen-bond acceptors (Lipinski definition) is 8. The Bertz CT molecular complexity index is 1070. The summed E-state index contributed by atoms with van der Waals surface area (Å²) in [6, 6.07) is 5.32. The number of nitrogens with one attached hydrogen (secondary N) is 4. The van der Waals surface area contributed by atoms with Crippen molar-refractivity contribution in [3.8, 4) is 0 Å². The van der Waals surface area contributed by atoms with E-state index in [0.29, 0.717) is 11.4 Å². The van der Waals surface area contributed by atoms with Crippen LogP contribution in [-0.2, 0) is 14.4 Å². The molecule has 0 aliphatic carbocycles. The summed E-state index contributed by atoms with van der Waals surface area (Å²) in [5.41, 5.74) is 0.483. The zero-order valence-electron chi connectivity index (χ0n) is 17.6. The van der Waals surface area contributed by atoms with E-state index < -0.39 is 40.6 Å². The third kappa shape index (κ3) is 4.37. The lowest BCUT2D eigenvalue weighted by atomic mass is 9.95. The lowest BCUT2D eigenvalue weighted by molar-refractivity contribution is -0.152. The van der Waals surface area contributed by atoms with Gasteiger partial charge in [0.05, 0.1) is 0 Å². The van der Waals surface area contributed by atoms with E-state index in [1.807, 2.05) is 19.2 Å². The normalized spacial score (nSPS) is 23.8. The van der Waals surface area contributed by atoms with E-state index in [4.69, 9.17) is 11.6 Å². The SMILES string of the molecule is CC1(C)S[C@H]2[C@H](NC(=O)C(NC(=O)NC(=O)CCl)c3ccccc3)C(=O)N2C1c1nnn[nH]1. The van der Waals surface area contributed by atoms with Crippen LogP contribution in [0, 0.1) is 0 Å². The van der Waals surface area contributed by atoms with Crippen molar-refractivity contribution >= 4 is 47.1 Å². The largest absolute Gasteiger partial charge is 0.340 e. The fourth-order valence-corrected chi connectivity index (χ4v) is 5.68. The Morgan fingerprint density at radius 2 is 2.00 bits per heavy atom. The molecule has 2 aliphatic rings. The highest BCUT2D eigenvalue weighted by atomic mass is 35.5. The fourth-order valence-electron chi connectivity index (χ4n) is 3.98. The molecule has 2 fully saturated rings. The van der Waals surface area contributed by atoms with Crippen LogP contribution in [0.2, 0.25) is 0 Å². The Balaban J connectivity index is 1.50. The molecule has 1 aromatic heterocycles. The zero-order valence-corrected chi connectivity index (χ0v) is 19.2. The van der Waals surface area contributed by atoms with Crippen molar-refractivity contribution in [2.24, 2.45) is 0 Å². The van der Waals surface area contributed by atoms with Crippen LogP contribution in [0.15, 0.2) is 30.3 Å². The quantitative estimate of drug-likeness (QED) is 0.329. The molecule has 174 valence electrons. The monoisotopic (exact) mass is 492 g/mol. The maximum atomic E-state index is 13.2. The molecule has 2 aliphatic heterocycles. The van der Waals surface area contributed by atoms with Gasteiger partial charge in [-0.25, -0.2) is 9.89 Å². The molecule has 0 bridgehead atoms. The number of rotatable bonds is 6. The van der Waals surface area contributed by atoms with Crippen molar-refractivity contribution in [3.63, 3.8) is 0 Å². The summed E-state index contributed by atoms with van der Waals surface area (Å²) in [4.78, 5) is 51.4. The number of carbonyl (C=O) groups is 4. The molecule has 14 heteroatoms. The number of alkyl halides is 1. The number of H-pyrrole nitrogens is 1. The van der Waals surface area contributed by atoms with E-state index in [9.17, 15) is 19.2 Å². The van der Waals surface area contributed by atoms with E-state index in [2.05, 4.69) is 31.3 Å². The van der Waals surface area contributed by atoms with Crippen LogP contribution in [0.4, 0.5) is 4.79 Å². The van der Waals surface area contributed by atoms with E-state index in [-0.39, 0.29) is 17.3 Å². The van der Waals surface area contributed by atoms with Crippen molar-refractivity contribution in [2.75, 3.05) is 5.88 Å². The summed E-state index contributed by atoms with van der Waals surface area (Å²) >= 11 is 6.94.